The molecule has 21 heavy (non-hydrogen) atoms. The van der Waals surface area contributed by atoms with Crippen LogP contribution in [-0.2, 0) is 0 Å². The van der Waals surface area contributed by atoms with Crippen molar-refractivity contribution in [1.29, 1.82) is 0 Å². The summed E-state index contributed by atoms with van der Waals surface area (Å²) in [5, 5.41) is 13.8. The van der Waals surface area contributed by atoms with Crippen molar-refractivity contribution in [2.24, 2.45) is 5.10 Å². The molecule has 1 aromatic carbocycles. The average molecular weight is 507 g/mol. The van der Waals surface area contributed by atoms with Gasteiger partial charge in [-0.1, -0.05) is 0 Å². The summed E-state index contributed by atoms with van der Waals surface area (Å²) < 4.78 is 1.71. The van der Waals surface area contributed by atoms with Gasteiger partial charge in [0.2, 0.25) is 0 Å². The van der Waals surface area contributed by atoms with E-state index in [9.17, 15) is 9.90 Å². The van der Waals surface area contributed by atoms with Gasteiger partial charge in [-0.05, 0) is 76.4 Å². The number of amides is 1. The van der Waals surface area contributed by atoms with Crippen molar-refractivity contribution in [1.82, 2.24) is 10.4 Å². The number of phenols is 1. The van der Waals surface area contributed by atoms with Crippen molar-refractivity contribution in [2.75, 3.05) is 0 Å². The van der Waals surface area contributed by atoms with Crippen molar-refractivity contribution in [3.05, 3.63) is 54.4 Å². The highest BCUT2D eigenvalue weighted by Crippen LogP contribution is 2.25. The SMILES string of the molecule is Cc1ccc(C(=O)NN=Cc2cc(I)cc(I)c2O)cn1. The van der Waals surface area contributed by atoms with E-state index in [0.717, 1.165) is 12.8 Å². The van der Waals surface area contributed by atoms with E-state index in [1.807, 2.05) is 35.6 Å². The monoisotopic (exact) mass is 507 g/mol. The number of aryl methyl sites for hydroxylation is 1. The molecular formula is C14H11I2N3O2. The number of pyridine rings is 1. The maximum atomic E-state index is 11.8. The van der Waals surface area contributed by atoms with Crippen LogP contribution in [0.2, 0.25) is 0 Å². The molecule has 7 heteroatoms. The maximum Gasteiger partial charge on any atom is 0.272 e. The van der Waals surface area contributed by atoms with Gasteiger partial charge in [-0.2, -0.15) is 5.10 Å². The summed E-state index contributed by atoms with van der Waals surface area (Å²) in [6, 6.07) is 7.07. The second-order valence-corrected chi connectivity index (χ2v) is 6.62. The highest BCUT2D eigenvalue weighted by Gasteiger charge is 2.06. The molecule has 1 amide bonds. The zero-order valence-electron chi connectivity index (χ0n) is 11.0. The van der Waals surface area contributed by atoms with Gasteiger partial charge in [-0.25, -0.2) is 5.43 Å². The molecule has 2 N–H and O–H groups in total. The molecule has 1 aromatic heterocycles. The Balaban J connectivity index is 2.09. The Kier molecular flexibility index (Phi) is 5.51. The first-order valence-electron chi connectivity index (χ1n) is 5.91. The summed E-state index contributed by atoms with van der Waals surface area (Å²) >= 11 is 4.19. The van der Waals surface area contributed by atoms with Crippen molar-refractivity contribution < 1.29 is 9.90 Å². The molecule has 0 saturated carbocycles. The number of aromatic hydroxyl groups is 1. The molecule has 2 rings (SSSR count). The molecule has 108 valence electrons. The lowest BCUT2D eigenvalue weighted by molar-refractivity contribution is 0.0954. The molecule has 0 atom stereocenters. The quantitative estimate of drug-likeness (QED) is 0.382. The maximum absolute atomic E-state index is 11.8. The Morgan fingerprint density at radius 1 is 1.38 bits per heavy atom. The lowest BCUT2D eigenvalue weighted by atomic mass is 10.2. The molecule has 5 nitrogen and oxygen atoms in total. The molecule has 0 saturated heterocycles. The number of carbonyl (C=O) groups is 1. The van der Waals surface area contributed by atoms with Crippen molar-refractivity contribution in [3.63, 3.8) is 0 Å². The van der Waals surface area contributed by atoms with E-state index in [-0.39, 0.29) is 11.7 Å². The van der Waals surface area contributed by atoms with E-state index in [2.05, 4.69) is 38.1 Å². The number of carbonyl (C=O) groups excluding carboxylic acids is 1. The molecule has 0 radical (unpaired) electrons. The first kappa shape index (κ1) is 16.1. The fourth-order valence-corrected chi connectivity index (χ4v) is 3.40. The standard InChI is InChI=1S/C14H11I2N3O2/c1-8-2-3-9(6-17-8)14(21)19-18-7-10-4-11(15)5-12(16)13(10)20/h2-7,20H,1H3,(H,19,21). The minimum Gasteiger partial charge on any atom is -0.506 e. The minimum atomic E-state index is -0.349. The predicted octanol–water partition coefficient (Wildman–Crippen LogP) is 3.07. The van der Waals surface area contributed by atoms with Crippen LogP contribution in [-0.4, -0.2) is 22.2 Å². The number of halogens is 2. The van der Waals surface area contributed by atoms with Gasteiger partial charge < -0.3 is 5.11 Å². The molecule has 0 fully saturated rings. The average Bonchev–Trinajstić information content (AvgIpc) is 2.44. The fraction of sp³-hybridized carbons (Fsp3) is 0.0714. The normalized spacial score (nSPS) is 10.8. The molecule has 0 aliphatic rings. The Hall–Kier alpha value is -1.23. The number of benzene rings is 1. The summed E-state index contributed by atoms with van der Waals surface area (Å²) in [6.45, 7) is 1.85. The second kappa shape index (κ2) is 7.16. The van der Waals surface area contributed by atoms with Crippen LogP contribution in [0.1, 0.15) is 21.6 Å². The van der Waals surface area contributed by atoms with Gasteiger partial charge in [-0.15, -0.1) is 0 Å². The topological polar surface area (TPSA) is 74.6 Å². The minimum absolute atomic E-state index is 0.144. The van der Waals surface area contributed by atoms with E-state index in [1.54, 1.807) is 18.2 Å². The van der Waals surface area contributed by atoms with Gasteiger partial charge in [0.25, 0.3) is 5.91 Å². The van der Waals surface area contributed by atoms with Gasteiger partial charge in [0.1, 0.15) is 5.75 Å². The van der Waals surface area contributed by atoms with Gasteiger partial charge >= 0.3 is 0 Å². The molecule has 0 unspecified atom stereocenters. The summed E-state index contributed by atoms with van der Waals surface area (Å²) in [4.78, 5) is 15.9. The number of aromatic nitrogens is 1. The van der Waals surface area contributed by atoms with Crippen molar-refractivity contribution >= 4 is 57.3 Å². The van der Waals surface area contributed by atoms with E-state index >= 15 is 0 Å². The third-order valence-corrected chi connectivity index (χ3v) is 4.05. The van der Waals surface area contributed by atoms with Crippen LogP contribution in [0.25, 0.3) is 0 Å². The number of nitrogens with zero attached hydrogens (tertiary/aromatic N) is 2. The van der Waals surface area contributed by atoms with Gasteiger partial charge in [0.15, 0.2) is 0 Å². The predicted molar refractivity (Wildman–Crippen MR) is 97.6 cm³/mol. The van der Waals surface area contributed by atoms with Crippen LogP contribution in [0.3, 0.4) is 0 Å². The van der Waals surface area contributed by atoms with Crippen LogP contribution in [0.15, 0.2) is 35.6 Å². The van der Waals surface area contributed by atoms with Crippen LogP contribution >= 0.6 is 45.2 Å². The number of hydrogen-bond acceptors (Lipinski definition) is 4. The number of rotatable bonds is 3. The summed E-state index contributed by atoms with van der Waals surface area (Å²) in [5.41, 5.74) is 4.23. The number of nitrogens with one attached hydrogen (secondary N) is 1. The summed E-state index contributed by atoms with van der Waals surface area (Å²) in [7, 11) is 0. The fourth-order valence-electron chi connectivity index (χ4n) is 1.51. The second-order valence-electron chi connectivity index (χ2n) is 4.21. The van der Waals surface area contributed by atoms with Gasteiger partial charge in [0.05, 0.1) is 15.3 Å². The van der Waals surface area contributed by atoms with E-state index in [4.69, 9.17) is 0 Å². The van der Waals surface area contributed by atoms with Gasteiger partial charge in [0, 0.05) is 21.0 Å². The first-order valence-corrected chi connectivity index (χ1v) is 8.07. The highest BCUT2D eigenvalue weighted by atomic mass is 127. The molecule has 0 aliphatic heterocycles. The van der Waals surface area contributed by atoms with E-state index < -0.39 is 0 Å². The first-order chi connectivity index (χ1) is 9.97. The van der Waals surface area contributed by atoms with Crippen LogP contribution in [0.5, 0.6) is 5.75 Å². The van der Waals surface area contributed by atoms with Crippen LogP contribution < -0.4 is 5.43 Å². The molecule has 0 bridgehead atoms. The third kappa shape index (κ3) is 4.37. The zero-order chi connectivity index (χ0) is 15.4. The van der Waals surface area contributed by atoms with Gasteiger partial charge in [-0.3, -0.25) is 9.78 Å². The van der Waals surface area contributed by atoms with E-state index in [1.165, 1.54) is 12.4 Å². The number of hydrogen-bond donors (Lipinski definition) is 2. The van der Waals surface area contributed by atoms with Crippen LogP contribution in [0.4, 0.5) is 0 Å². The molecule has 2 aromatic rings. The largest absolute Gasteiger partial charge is 0.506 e. The lowest BCUT2D eigenvalue weighted by Gasteiger charge is -2.03. The molecule has 0 aliphatic carbocycles. The highest BCUT2D eigenvalue weighted by molar-refractivity contribution is 14.1. The summed E-state index contributed by atoms with van der Waals surface area (Å²) in [6.07, 6.45) is 2.91. The third-order valence-electron chi connectivity index (χ3n) is 2.60. The smallest absolute Gasteiger partial charge is 0.272 e. The van der Waals surface area contributed by atoms with Crippen molar-refractivity contribution in [3.8, 4) is 5.75 Å². The molecule has 0 spiro atoms. The van der Waals surface area contributed by atoms with Crippen LogP contribution in [0, 0.1) is 14.1 Å². The Labute approximate surface area is 149 Å². The lowest BCUT2D eigenvalue weighted by Crippen LogP contribution is -2.17. The zero-order valence-corrected chi connectivity index (χ0v) is 15.3. The summed E-state index contributed by atoms with van der Waals surface area (Å²) in [5.74, 6) is -0.204. The number of hydrazone groups is 1. The Bertz CT molecular complexity index is 700. The molecular weight excluding hydrogens is 496 g/mol. The Morgan fingerprint density at radius 2 is 2.14 bits per heavy atom. The Morgan fingerprint density at radius 3 is 2.81 bits per heavy atom. The van der Waals surface area contributed by atoms with E-state index in [0.29, 0.717) is 11.1 Å². The number of phenolic OH excluding ortho intramolecular Hbond substituents is 1. The van der Waals surface area contributed by atoms with Crippen molar-refractivity contribution in [2.45, 2.75) is 6.92 Å². The molecule has 1 heterocycles.